The molecule has 1 aromatic carbocycles. The second-order valence-corrected chi connectivity index (χ2v) is 6.02. The summed E-state index contributed by atoms with van der Waals surface area (Å²) in [7, 11) is 0. The van der Waals surface area contributed by atoms with Crippen LogP contribution in [0.2, 0.25) is 0 Å². The smallest absolute Gasteiger partial charge is 0.270 e. The van der Waals surface area contributed by atoms with E-state index in [1.54, 1.807) is 16.6 Å². The van der Waals surface area contributed by atoms with Gasteiger partial charge in [-0.15, -0.1) is 16.4 Å². The molecule has 22 heavy (non-hydrogen) atoms. The van der Waals surface area contributed by atoms with Crippen LogP contribution in [0.1, 0.15) is 26.6 Å². The summed E-state index contributed by atoms with van der Waals surface area (Å²) >= 11 is 1.38. The van der Waals surface area contributed by atoms with E-state index in [2.05, 4.69) is 15.3 Å². The third-order valence-corrected chi connectivity index (χ3v) is 4.72. The van der Waals surface area contributed by atoms with E-state index in [0.717, 1.165) is 22.6 Å². The van der Waals surface area contributed by atoms with Gasteiger partial charge >= 0.3 is 0 Å². The fourth-order valence-electron chi connectivity index (χ4n) is 2.66. The number of para-hydroxylation sites is 1. The molecule has 6 nitrogen and oxygen atoms in total. The zero-order valence-electron chi connectivity index (χ0n) is 11.9. The lowest BCUT2D eigenvalue weighted by atomic mass is 10.1. The molecular formula is C15H13N5OS. The molecule has 0 saturated heterocycles. The number of hydrogen-bond donors (Lipinski definition) is 0. The number of anilines is 1. The molecule has 0 unspecified atom stereocenters. The Kier molecular flexibility index (Phi) is 3.00. The van der Waals surface area contributed by atoms with E-state index in [1.807, 2.05) is 35.9 Å². The maximum absolute atomic E-state index is 13.0. The van der Waals surface area contributed by atoms with Crippen LogP contribution in [0.5, 0.6) is 0 Å². The van der Waals surface area contributed by atoms with E-state index >= 15 is 0 Å². The number of nitrogens with zero attached hydrogens (tertiary/aromatic N) is 5. The third-order valence-electron chi connectivity index (χ3n) is 3.81. The van der Waals surface area contributed by atoms with Crippen LogP contribution in [0.4, 0.5) is 5.69 Å². The van der Waals surface area contributed by atoms with Crippen molar-refractivity contribution in [1.29, 1.82) is 0 Å². The SMILES string of the molecule is Cc1ncsc1C(=O)N1Cc2cnnn2Cc2ccccc21. The van der Waals surface area contributed by atoms with Crippen molar-refractivity contribution in [2.24, 2.45) is 0 Å². The Morgan fingerprint density at radius 1 is 1.27 bits per heavy atom. The highest BCUT2D eigenvalue weighted by molar-refractivity contribution is 7.12. The second-order valence-electron chi connectivity index (χ2n) is 5.17. The van der Waals surface area contributed by atoms with Crippen molar-refractivity contribution < 1.29 is 4.79 Å². The lowest BCUT2D eigenvalue weighted by Crippen LogP contribution is -2.30. The van der Waals surface area contributed by atoms with Gasteiger partial charge in [0.2, 0.25) is 0 Å². The molecule has 0 fully saturated rings. The van der Waals surface area contributed by atoms with E-state index in [1.165, 1.54) is 11.3 Å². The molecule has 0 saturated carbocycles. The first-order valence-corrected chi connectivity index (χ1v) is 7.79. The van der Waals surface area contributed by atoms with Gasteiger partial charge in [0.25, 0.3) is 5.91 Å². The minimum atomic E-state index is -0.0258. The van der Waals surface area contributed by atoms with Crippen LogP contribution < -0.4 is 4.90 Å². The quantitative estimate of drug-likeness (QED) is 0.691. The molecule has 3 aromatic rings. The summed E-state index contributed by atoms with van der Waals surface area (Å²) in [5, 5.41) is 8.07. The molecule has 0 atom stereocenters. The molecule has 0 radical (unpaired) electrons. The largest absolute Gasteiger partial charge is 0.301 e. The maximum Gasteiger partial charge on any atom is 0.270 e. The van der Waals surface area contributed by atoms with Crippen LogP contribution in [0.25, 0.3) is 0 Å². The van der Waals surface area contributed by atoms with Crippen molar-refractivity contribution in [2.45, 2.75) is 20.0 Å². The predicted octanol–water partition coefficient (Wildman–Crippen LogP) is 2.25. The topological polar surface area (TPSA) is 63.9 Å². The number of aromatic nitrogens is 4. The molecule has 0 bridgehead atoms. The molecule has 4 rings (SSSR count). The van der Waals surface area contributed by atoms with Crippen molar-refractivity contribution in [1.82, 2.24) is 20.0 Å². The summed E-state index contributed by atoms with van der Waals surface area (Å²) in [4.78, 5) is 19.6. The molecule has 3 heterocycles. The lowest BCUT2D eigenvalue weighted by Gasteiger charge is -2.22. The van der Waals surface area contributed by atoms with Crippen LogP contribution in [0.3, 0.4) is 0 Å². The summed E-state index contributed by atoms with van der Waals surface area (Å²) in [5.74, 6) is -0.0258. The number of rotatable bonds is 1. The first-order chi connectivity index (χ1) is 10.7. The molecule has 2 aromatic heterocycles. The summed E-state index contributed by atoms with van der Waals surface area (Å²) in [6.07, 6.45) is 1.71. The molecule has 0 spiro atoms. The fraction of sp³-hybridized carbons (Fsp3) is 0.200. The number of benzene rings is 1. The minimum absolute atomic E-state index is 0.0258. The van der Waals surface area contributed by atoms with E-state index in [0.29, 0.717) is 18.0 Å². The number of fused-ring (bicyclic) bond motifs is 2. The van der Waals surface area contributed by atoms with Gasteiger partial charge in [-0.25, -0.2) is 9.67 Å². The van der Waals surface area contributed by atoms with Gasteiger partial charge in [-0.3, -0.25) is 4.79 Å². The number of aryl methyl sites for hydroxylation is 1. The number of amides is 1. The van der Waals surface area contributed by atoms with Gasteiger partial charge in [0.15, 0.2) is 0 Å². The molecule has 0 N–H and O–H groups in total. The van der Waals surface area contributed by atoms with E-state index in [9.17, 15) is 4.79 Å². The Balaban J connectivity index is 1.84. The summed E-state index contributed by atoms with van der Waals surface area (Å²) in [6, 6.07) is 7.92. The monoisotopic (exact) mass is 311 g/mol. The van der Waals surface area contributed by atoms with Crippen LogP contribution in [0.15, 0.2) is 36.0 Å². The Morgan fingerprint density at radius 3 is 2.95 bits per heavy atom. The predicted molar refractivity (Wildman–Crippen MR) is 82.9 cm³/mol. The van der Waals surface area contributed by atoms with E-state index < -0.39 is 0 Å². The van der Waals surface area contributed by atoms with Crippen LogP contribution in [0, 0.1) is 6.92 Å². The van der Waals surface area contributed by atoms with Crippen molar-refractivity contribution >= 4 is 22.9 Å². The van der Waals surface area contributed by atoms with Crippen molar-refractivity contribution in [2.75, 3.05) is 4.90 Å². The van der Waals surface area contributed by atoms with Crippen molar-refractivity contribution in [3.05, 3.63) is 57.8 Å². The number of carbonyl (C=O) groups excluding carboxylic acids is 1. The summed E-state index contributed by atoms with van der Waals surface area (Å²) < 4.78 is 1.84. The van der Waals surface area contributed by atoms with E-state index in [-0.39, 0.29) is 5.91 Å². The van der Waals surface area contributed by atoms with Gasteiger partial charge in [-0.05, 0) is 18.6 Å². The third kappa shape index (κ3) is 2.01. The van der Waals surface area contributed by atoms with Gasteiger partial charge in [0.05, 0.1) is 36.2 Å². The number of thiazole rings is 1. The Labute approximate surface area is 131 Å². The summed E-state index contributed by atoms with van der Waals surface area (Å²) in [5.41, 5.74) is 5.38. The molecular weight excluding hydrogens is 298 g/mol. The van der Waals surface area contributed by atoms with Crippen LogP contribution in [-0.4, -0.2) is 25.9 Å². The summed E-state index contributed by atoms with van der Waals surface area (Å²) in [6.45, 7) is 2.94. The Bertz CT molecular complexity index is 853. The fourth-order valence-corrected chi connectivity index (χ4v) is 3.41. The van der Waals surface area contributed by atoms with Gasteiger partial charge in [-0.2, -0.15) is 0 Å². The van der Waals surface area contributed by atoms with Crippen molar-refractivity contribution in [3.63, 3.8) is 0 Å². The maximum atomic E-state index is 13.0. The Hall–Kier alpha value is -2.54. The molecule has 1 amide bonds. The highest BCUT2D eigenvalue weighted by Crippen LogP contribution is 2.29. The first-order valence-electron chi connectivity index (χ1n) is 6.91. The zero-order chi connectivity index (χ0) is 15.1. The lowest BCUT2D eigenvalue weighted by molar-refractivity contribution is 0.0988. The molecule has 110 valence electrons. The van der Waals surface area contributed by atoms with Gasteiger partial charge < -0.3 is 4.90 Å². The Morgan fingerprint density at radius 2 is 2.14 bits per heavy atom. The van der Waals surface area contributed by atoms with Crippen LogP contribution in [-0.2, 0) is 13.1 Å². The average Bonchev–Trinajstić information content (AvgIpc) is 3.11. The van der Waals surface area contributed by atoms with Gasteiger partial charge in [-0.1, -0.05) is 23.4 Å². The van der Waals surface area contributed by atoms with Gasteiger partial charge in [0.1, 0.15) is 4.88 Å². The van der Waals surface area contributed by atoms with Crippen LogP contribution >= 0.6 is 11.3 Å². The highest BCUT2D eigenvalue weighted by Gasteiger charge is 2.27. The van der Waals surface area contributed by atoms with Crippen molar-refractivity contribution in [3.8, 4) is 0 Å². The second kappa shape index (κ2) is 5.03. The average molecular weight is 311 g/mol. The molecule has 0 aliphatic carbocycles. The van der Waals surface area contributed by atoms with Gasteiger partial charge in [0, 0.05) is 5.69 Å². The molecule has 7 heteroatoms. The zero-order valence-corrected chi connectivity index (χ0v) is 12.7. The number of carbonyl (C=O) groups is 1. The highest BCUT2D eigenvalue weighted by atomic mass is 32.1. The molecule has 1 aliphatic heterocycles. The minimum Gasteiger partial charge on any atom is -0.301 e. The first kappa shape index (κ1) is 13.1. The number of hydrogen-bond acceptors (Lipinski definition) is 5. The molecule has 1 aliphatic rings. The standard InChI is InChI=1S/C15H13N5OS/c1-10-14(22-9-16-10)15(21)19-8-12-6-17-18-20(12)7-11-4-2-3-5-13(11)19/h2-6,9H,7-8H2,1H3. The van der Waals surface area contributed by atoms with E-state index in [4.69, 9.17) is 0 Å². The normalized spacial score (nSPS) is 13.4.